The van der Waals surface area contributed by atoms with Crippen LogP contribution in [-0.2, 0) is 0 Å². The van der Waals surface area contributed by atoms with E-state index < -0.39 is 0 Å². The summed E-state index contributed by atoms with van der Waals surface area (Å²) in [5.74, 6) is 0. The van der Waals surface area contributed by atoms with Crippen molar-refractivity contribution in [2.24, 2.45) is 0 Å². The molecule has 0 bridgehead atoms. The molecule has 1 N–H and O–H groups in total. The molecule has 3 heteroatoms. The molecule has 66 valence electrons. The van der Waals surface area contributed by atoms with Crippen LogP contribution in [0.25, 0.3) is 0 Å². The number of nitrogens with zero attached hydrogens (tertiary/aromatic N) is 2. The van der Waals surface area contributed by atoms with Crippen LogP contribution in [0.5, 0.6) is 0 Å². The fourth-order valence-corrected chi connectivity index (χ4v) is 1.69. The standard InChI is InChI=1S/C9H15N3/c1-8-5-11-12(7-8)9-3-2-4-10-6-9/h5,7,9-10H,2-4,6H2,1H3. The Bertz CT molecular complexity index is 248. The number of nitrogens with one attached hydrogen (secondary N) is 1. The third-order valence-corrected chi connectivity index (χ3v) is 2.38. The summed E-state index contributed by atoms with van der Waals surface area (Å²) in [7, 11) is 0. The monoisotopic (exact) mass is 165 g/mol. The van der Waals surface area contributed by atoms with Crippen LogP contribution in [0, 0.1) is 6.92 Å². The lowest BCUT2D eigenvalue weighted by molar-refractivity contribution is 0.346. The van der Waals surface area contributed by atoms with Crippen molar-refractivity contribution in [3.05, 3.63) is 18.0 Å². The Morgan fingerprint density at radius 3 is 3.17 bits per heavy atom. The Kier molecular flexibility index (Phi) is 2.13. The lowest BCUT2D eigenvalue weighted by Crippen LogP contribution is -2.31. The summed E-state index contributed by atoms with van der Waals surface area (Å²) in [5.41, 5.74) is 1.25. The summed E-state index contributed by atoms with van der Waals surface area (Å²) < 4.78 is 2.08. The molecule has 1 aromatic heterocycles. The molecule has 1 atom stereocenters. The topological polar surface area (TPSA) is 29.9 Å². The minimum absolute atomic E-state index is 0.576. The number of hydrogen-bond donors (Lipinski definition) is 1. The number of piperidine rings is 1. The van der Waals surface area contributed by atoms with Crippen molar-refractivity contribution < 1.29 is 0 Å². The summed E-state index contributed by atoms with van der Waals surface area (Å²) in [6.07, 6.45) is 6.57. The molecule has 1 unspecified atom stereocenters. The summed E-state index contributed by atoms with van der Waals surface area (Å²) in [4.78, 5) is 0. The molecule has 2 heterocycles. The van der Waals surface area contributed by atoms with Crippen LogP contribution in [0.2, 0.25) is 0 Å². The van der Waals surface area contributed by atoms with E-state index in [4.69, 9.17) is 0 Å². The highest BCUT2D eigenvalue weighted by Crippen LogP contribution is 2.15. The second-order valence-electron chi connectivity index (χ2n) is 3.50. The van der Waals surface area contributed by atoms with Crippen molar-refractivity contribution in [3.63, 3.8) is 0 Å². The summed E-state index contributed by atoms with van der Waals surface area (Å²) in [6, 6.07) is 0.576. The highest BCUT2D eigenvalue weighted by atomic mass is 15.3. The van der Waals surface area contributed by atoms with E-state index in [-0.39, 0.29) is 0 Å². The van der Waals surface area contributed by atoms with Gasteiger partial charge in [-0.25, -0.2) is 0 Å². The molecule has 0 amide bonds. The van der Waals surface area contributed by atoms with Gasteiger partial charge in [0.2, 0.25) is 0 Å². The van der Waals surface area contributed by atoms with Gasteiger partial charge in [0.15, 0.2) is 0 Å². The Labute approximate surface area is 72.8 Å². The average Bonchev–Trinajstić information content (AvgIpc) is 2.54. The number of aromatic nitrogens is 2. The fourth-order valence-electron chi connectivity index (χ4n) is 1.69. The summed E-state index contributed by atoms with van der Waals surface area (Å²) in [5, 5.41) is 7.70. The maximum atomic E-state index is 4.32. The van der Waals surface area contributed by atoms with Crippen LogP contribution in [0.15, 0.2) is 12.4 Å². The first-order valence-electron chi connectivity index (χ1n) is 4.58. The molecule has 2 rings (SSSR count). The fraction of sp³-hybridized carbons (Fsp3) is 0.667. The Morgan fingerprint density at radius 2 is 2.58 bits per heavy atom. The van der Waals surface area contributed by atoms with Gasteiger partial charge in [-0.1, -0.05) is 0 Å². The minimum atomic E-state index is 0.576. The lowest BCUT2D eigenvalue weighted by atomic mass is 10.1. The largest absolute Gasteiger partial charge is 0.315 e. The van der Waals surface area contributed by atoms with E-state index in [1.165, 1.54) is 18.4 Å². The molecule has 1 aromatic rings. The number of hydrogen-bond acceptors (Lipinski definition) is 2. The van der Waals surface area contributed by atoms with Crippen LogP contribution >= 0.6 is 0 Å². The zero-order valence-electron chi connectivity index (χ0n) is 7.45. The van der Waals surface area contributed by atoms with Gasteiger partial charge in [-0.15, -0.1) is 0 Å². The van der Waals surface area contributed by atoms with Gasteiger partial charge in [-0.3, -0.25) is 4.68 Å². The summed E-state index contributed by atoms with van der Waals surface area (Å²) >= 11 is 0. The molecule has 1 aliphatic heterocycles. The molecule has 0 spiro atoms. The third kappa shape index (κ3) is 1.50. The van der Waals surface area contributed by atoms with Crippen LogP contribution in [0.3, 0.4) is 0 Å². The van der Waals surface area contributed by atoms with E-state index in [0.717, 1.165) is 13.1 Å². The molecule has 1 aliphatic rings. The van der Waals surface area contributed by atoms with Gasteiger partial charge in [0.25, 0.3) is 0 Å². The van der Waals surface area contributed by atoms with Gasteiger partial charge < -0.3 is 5.32 Å². The molecule has 0 saturated carbocycles. The van der Waals surface area contributed by atoms with Crippen LogP contribution in [0.1, 0.15) is 24.4 Å². The lowest BCUT2D eigenvalue weighted by Gasteiger charge is -2.22. The predicted octanol–water partition coefficient (Wildman–Crippen LogP) is 1.12. The van der Waals surface area contributed by atoms with E-state index in [2.05, 4.69) is 28.2 Å². The first-order chi connectivity index (χ1) is 5.86. The predicted molar refractivity (Wildman–Crippen MR) is 48.1 cm³/mol. The van der Waals surface area contributed by atoms with Crippen molar-refractivity contribution in [1.82, 2.24) is 15.1 Å². The van der Waals surface area contributed by atoms with Gasteiger partial charge >= 0.3 is 0 Å². The van der Waals surface area contributed by atoms with E-state index >= 15 is 0 Å². The highest BCUT2D eigenvalue weighted by Gasteiger charge is 2.14. The highest BCUT2D eigenvalue weighted by molar-refractivity contribution is 5.00. The Morgan fingerprint density at radius 1 is 1.67 bits per heavy atom. The first kappa shape index (κ1) is 7.80. The van der Waals surface area contributed by atoms with Gasteiger partial charge in [0.05, 0.1) is 12.2 Å². The van der Waals surface area contributed by atoms with E-state index in [1.807, 2.05) is 6.20 Å². The quantitative estimate of drug-likeness (QED) is 0.675. The van der Waals surface area contributed by atoms with Crippen LogP contribution in [0.4, 0.5) is 0 Å². The molecule has 1 fully saturated rings. The molecule has 0 radical (unpaired) electrons. The molecule has 0 aromatic carbocycles. The zero-order valence-corrected chi connectivity index (χ0v) is 7.45. The molecule has 12 heavy (non-hydrogen) atoms. The van der Waals surface area contributed by atoms with Crippen LogP contribution < -0.4 is 5.32 Å². The molecular weight excluding hydrogens is 150 g/mol. The van der Waals surface area contributed by atoms with Gasteiger partial charge in [0.1, 0.15) is 0 Å². The molecular formula is C9H15N3. The van der Waals surface area contributed by atoms with Crippen molar-refractivity contribution in [2.75, 3.05) is 13.1 Å². The Hall–Kier alpha value is -0.830. The molecule has 0 aliphatic carbocycles. The van der Waals surface area contributed by atoms with Gasteiger partial charge in [-0.2, -0.15) is 5.10 Å². The second kappa shape index (κ2) is 3.27. The maximum absolute atomic E-state index is 4.32. The van der Waals surface area contributed by atoms with Crippen LogP contribution in [-0.4, -0.2) is 22.9 Å². The average molecular weight is 165 g/mol. The smallest absolute Gasteiger partial charge is 0.0644 e. The van der Waals surface area contributed by atoms with Crippen molar-refractivity contribution in [1.29, 1.82) is 0 Å². The normalized spacial score (nSPS) is 24.2. The first-order valence-corrected chi connectivity index (χ1v) is 4.58. The number of aryl methyl sites for hydroxylation is 1. The van der Waals surface area contributed by atoms with Gasteiger partial charge in [-0.05, 0) is 31.9 Å². The van der Waals surface area contributed by atoms with Crippen molar-refractivity contribution >= 4 is 0 Å². The number of rotatable bonds is 1. The van der Waals surface area contributed by atoms with Gasteiger partial charge in [0, 0.05) is 12.7 Å². The second-order valence-corrected chi connectivity index (χ2v) is 3.50. The zero-order chi connectivity index (χ0) is 8.39. The SMILES string of the molecule is Cc1cnn(C2CCCNC2)c1. The van der Waals surface area contributed by atoms with Crippen molar-refractivity contribution in [3.8, 4) is 0 Å². The van der Waals surface area contributed by atoms with E-state index in [0.29, 0.717) is 6.04 Å². The molecule has 3 nitrogen and oxygen atoms in total. The Balaban J connectivity index is 2.08. The minimum Gasteiger partial charge on any atom is -0.315 e. The summed E-state index contributed by atoms with van der Waals surface area (Å²) in [6.45, 7) is 4.32. The third-order valence-electron chi connectivity index (χ3n) is 2.38. The molecule has 1 saturated heterocycles. The maximum Gasteiger partial charge on any atom is 0.0644 e. The van der Waals surface area contributed by atoms with E-state index in [9.17, 15) is 0 Å². The van der Waals surface area contributed by atoms with Crippen molar-refractivity contribution in [2.45, 2.75) is 25.8 Å². The van der Waals surface area contributed by atoms with E-state index in [1.54, 1.807) is 0 Å².